The summed E-state index contributed by atoms with van der Waals surface area (Å²) in [6.07, 6.45) is 0. The first kappa shape index (κ1) is 16.8. The lowest BCUT2D eigenvalue weighted by Crippen LogP contribution is -2.15. The lowest BCUT2D eigenvalue weighted by atomic mass is 10.2. The second-order valence-corrected chi connectivity index (χ2v) is 5.39. The Morgan fingerprint density at radius 3 is 2.24 bits per heavy atom. The summed E-state index contributed by atoms with van der Waals surface area (Å²) in [5.41, 5.74) is 0.366. The molecule has 1 aromatic heterocycles. The molecule has 1 heterocycles. The van der Waals surface area contributed by atoms with E-state index < -0.39 is 11.7 Å². The molecule has 0 saturated carbocycles. The van der Waals surface area contributed by atoms with E-state index in [1.54, 1.807) is 18.2 Å². The van der Waals surface area contributed by atoms with Gasteiger partial charge in [-0.2, -0.15) is 0 Å². The van der Waals surface area contributed by atoms with E-state index >= 15 is 0 Å². The number of amides is 1. The normalized spacial score (nSPS) is 10.4. The summed E-state index contributed by atoms with van der Waals surface area (Å²) in [5, 5.41) is 13.1. The molecule has 0 saturated heterocycles. The van der Waals surface area contributed by atoms with Crippen molar-refractivity contribution in [2.45, 2.75) is 0 Å². The van der Waals surface area contributed by atoms with Crippen LogP contribution in [0.3, 0.4) is 0 Å². The predicted molar refractivity (Wildman–Crippen MR) is 91.1 cm³/mol. The number of nitrogens with zero attached hydrogens (tertiary/aromatic N) is 2. The van der Waals surface area contributed by atoms with Crippen LogP contribution in [0, 0.1) is 11.6 Å². The van der Waals surface area contributed by atoms with Crippen LogP contribution in [0.1, 0.15) is 10.4 Å². The van der Waals surface area contributed by atoms with E-state index in [1.165, 1.54) is 30.3 Å². The van der Waals surface area contributed by atoms with E-state index in [-0.39, 0.29) is 22.2 Å². The van der Waals surface area contributed by atoms with Crippen molar-refractivity contribution < 1.29 is 13.6 Å². The SMILES string of the molecule is O=C(Nc1ccc(Nc2ccc(F)cc2)nn1)c1c(F)cccc1Cl. The third kappa shape index (κ3) is 4.07. The van der Waals surface area contributed by atoms with Crippen molar-refractivity contribution in [3.05, 3.63) is 76.8 Å². The topological polar surface area (TPSA) is 66.9 Å². The number of rotatable bonds is 4. The van der Waals surface area contributed by atoms with Gasteiger partial charge in [0.15, 0.2) is 11.6 Å². The standard InChI is InChI=1S/C17H11ClF2N4O/c18-12-2-1-3-13(20)16(12)17(25)22-15-9-8-14(23-24-15)21-11-6-4-10(19)5-7-11/h1-9H,(H,21,23)(H,22,24,25). The number of nitrogens with one attached hydrogen (secondary N) is 2. The van der Waals surface area contributed by atoms with Crippen LogP contribution in [0.15, 0.2) is 54.6 Å². The van der Waals surface area contributed by atoms with Crippen molar-refractivity contribution in [2.75, 3.05) is 10.6 Å². The molecule has 0 spiro atoms. The molecule has 0 radical (unpaired) electrons. The summed E-state index contributed by atoms with van der Waals surface area (Å²) >= 11 is 5.84. The average molecular weight is 361 g/mol. The minimum Gasteiger partial charge on any atom is -0.339 e. The molecule has 3 rings (SSSR count). The van der Waals surface area contributed by atoms with Crippen LogP contribution in [0.25, 0.3) is 0 Å². The van der Waals surface area contributed by atoms with Crippen molar-refractivity contribution in [3.8, 4) is 0 Å². The number of hydrogen-bond donors (Lipinski definition) is 2. The summed E-state index contributed by atoms with van der Waals surface area (Å²) in [4.78, 5) is 12.1. The first-order valence-electron chi connectivity index (χ1n) is 7.14. The molecule has 0 aliphatic carbocycles. The first-order valence-corrected chi connectivity index (χ1v) is 7.52. The molecule has 0 aliphatic rings. The van der Waals surface area contributed by atoms with Gasteiger partial charge < -0.3 is 10.6 Å². The Kier molecular flexibility index (Phi) is 4.85. The number of halogens is 3. The number of carbonyl (C=O) groups is 1. The molecule has 1 amide bonds. The molecule has 0 bridgehead atoms. The third-order valence-corrected chi connectivity index (χ3v) is 3.53. The Balaban J connectivity index is 1.70. The van der Waals surface area contributed by atoms with Crippen molar-refractivity contribution in [2.24, 2.45) is 0 Å². The number of benzene rings is 2. The Morgan fingerprint density at radius 1 is 0.920 bits per heavy atom. The smallest absolute Gasteiger partial charge is 0.261 e. The second kappa shape index (κ2) is 7.23. The van der Waals surface area contributed by atoms with Gasteiger partial charge in [0, 0.05) is 5.69 Å². The summed E-state index contributed by atoms with van der Waals surface area (Å²) < 4.78 is 26.6. The summed E-state index contributed by atoms with van der Waals surface area (Å²) in [7, 11) is 0. The lowest BCUT2D eigenvalue weighted by Gasteiger charge is -2.08. The molecule has 8 heteroatoms. The molecule has 0 fully saturated rings. The highest BCUT2D eigenvalue weighted by molar-refractivity contribution is 6.34. The zero-order chi connectivity index (χ0) is 17.8. The largest absolute Gasteiger partial charge is 0.339 e. The first-order chi connectivity index (χ1) is 12.0. The molecule has 126 valence electrons. The van der Waals surface area contributed by atoms with Crippen LogP contribution in [0.4, 0.5) is 26.1 Å². The minimum absolute atomic E-state index is 0.0000517. The third-order valence-electron chi connectivity index (χ3n) is 3.21. The molecular weight excluding hydrogens is 350 g/mol. The van der Waals surface area contributed by atoms with E-state index in [4.69, 9.17) is 11.6 Å². The van der Waals surface area contributed by atoms with Gasteiger partial charge in [0.25, 0.3) is 5.91 Å². The fourth-order valence-corrected chi connectivity index (χ4v) is 2.29. The van der Waals surface area contributed by atoms with Crippen molar-refractivity contribution >= 4 is 34.8 Å². The Labute approximate surface area is 146 Å². The molecule has 0 atom stereocenters. The second-order valence-electron chi connectivity index (χ2n) is 4.99. The van der Waals surface area contributed by atoms with Crippen LogP contribution in [-0.4, -0.2) is 16.1 Å². The van der Waals surface area contributed by atoms with Gasteiger partial charge >= 0.3 is 0 Å². The van der Waals surface area contributed by atoms with Crippen LogP contribution in [0.5, 0.6) is 0 Å². The van der Waals surface area contributed by atoms with Gasteiger partial charge in [0.05, 0.1) is 10.6 Å². The molecule has 5 nitrogen and oxygen atoms in total. The monoisotopic (exact) mass is 360 g/mol. The number of anilines is 3. The number of carbonyl (C=O) groups excluding carboxylic acids is 1. The molecular formula is C17H11ClF2N4O. The maximum Gasteiger partial charge on any atom is 0.261 e. The van der Waals surface area contributed by atoms with Crippen LogP contribution in [-0.2, 0) is 0 Å². The van der Waals surface area contributed by atoms with Gasteiger partial charge in [-0.25, -0.2) is 8.78 Å². The van der Waals surface area contributed by atoms with Crippen LogP contribution < -0.4 is 10.6 Å². The Bertz CT molecular complexity index is 881. The van der Waals surface area contributed by atoms with Gasteiger partial charge in [0.1, 0.15) is 11.6 Å². The van der Waals surface area contributed by atoms with Gasteiger partial charge in [0.2, 0.25) is 0 Å². The Hall–Kier alpha value is -3.06. The van der Waals surface area contributed by atoms with E-state index in [9.17, 15) is 13.6 Å². The highest BCUT2D eigenvalue weighted by Crippen LogP contribution is 2.20. The number of aromatic nitrogens is 2. The fraction of sp³-hybridized carbons (Fsp3) is 0. The lowest BCUT2D eigenvalue weighted by molar-refractivity contribution is 0.102. The molecule has 3 aromatic rings. The van der Waals surface area contributed by atoms with Gasteiger partial charge in [-0.1, -0.05) is 17.7 Å². The summed E-state index contributed by atoms with van der Waals surface area (Å²) in [6, 6.07) is 12.7. The van der Waals surface area contributed by atoms with Crippen molar-refractivity contribution in [3.63, 3.8) is 0 Å². The highest BCUT2D eigenvalue weighted by Gasteiger charge is 2.16. The summed E-state index contributed by atoms with van der Waals surface area (Å²) in [6.45, 7) is 0. The maximum atomic E-state index is 13.7. The Morgan fingerprint density at radius 2 is 1.60 bits per heavy atom. The zero-order valence-electron chi connectivity index (χ0n) is 12.6. The number of hydrogen-bond acceptors (Lipinski definition) is 4. The molecule has 2 N–H and O–H groups in total. The van der Waals surface area contributed by atoms with Crippen molar-refractivity contribution in [1.29, 1.82) is 0 Å². The summed E-state index contributed by atoms with van der Waals surface area (Å²) in [5.74, 6) is -1.27. The average Bonchev–Trinajstić information content (AvgIpc) is 2.58. The van der Waals surface area contributed by atoms with Crippen molar-refractivity contribution in [1.82, 2.24) is 10.2 Å². The van der Waals surface area contributed by atoms with Gasteiger partial charge in [-0.3, -0.25) is 4.79 Å². The zero-order valence-corrected chi connectivity index (χ0v) is 13.4. The molecule has 0 aliphatic heterocycles. The molecule has 0 unspecified atom stereocenters. The van der Waals surface area contributed by atoms with Gasteiger partial charge in [-0.15, -0.1) is 10.2 Å². The quantitative estimate of drug-likeness (QED) is 0.723. The van der Waals surface area contributed by atoms with E-state index in [0.717, 1.165) is 6.07 Å². The van der Waals surface area contributed by atoms with Gasteiger partial charge in [-0.05, 0) is 48.5 Å². The molecule has 2 aromatic carbocycles. The van der Waals surface area contributed by atoms with E-state index in [0.29, 0.717) is 11.5 Å². The van der Waals surface area contributed by atoms with Crippen LogP contribution in [0.2, 0.25) is 5.02 Å². The van der Waals surface area contributed by atoms with Crippen LogP contribution >= 0.6 is 11.6 Å². The van der Waals surface area contributed by atoms with E-state index in [1.807, 2.05) is 0 Å². The molecule has 25 heavy (non-hydrogen) atoms. The maximum absolute atomic E-state index is 13.7. The highest BCUT2D eigenvalue weighted by atomic mass is 35.5. The van der Waals surface area contributed by atoms with E-state index in [2.05, 4.69) is 20.8 Å². The fourth-order valence-electron chi connectivity index (χ4n) is 2.04. The minimum atomic E-state index is -0.729. The predicted octanol–water partition coefficient (Wildman–Crippen LogP) is 4.40.